The van der Waals surface area contributed by atoms with Gasteiger partial charge in [-0.15, -0.1) is 10.2 Å². The van der Waals surface area contributed by atoms with Gasteiger partial charge in [0.1, 0.15) is 12.4 Å². The normalized spacial score (nSPS) is 18.4. The number of amides is 2. The van der Waals surface area contributed by atoms with E-state index in [2.05, 4.69) is 14.8 Å². The first-order valence-corrected chi connectivity index (χ1v) is 7.72. The molecule has 1 saturated carbocycles. The average Bonchev–Trinajstić information content (AvgIpc) is 3.06. The van der Waals surface area contributed by atoms with Crippen LogP contribution >= 0.6 is 11.8 Å². The SMILES string of the molecule is CCn1c(SCC(=O)N2CCOC2=O)nnc1C1CC1. The highest BCUT2D eigenvalue weighted by molar-refractivity contribution is 7.99. The Kier molecular flexibility index (Phi) is 3.64. The standard InChI is InChI=1S/C12H16N4O3S/c1-2-15-10(8-3-4-8)13-14-11(15)20-7-9(17)16-5-6-19-12(16)18/h8H,2-7H2,1H3. The van der Waals surface area contributed by atoms with E-state index in [1.165, 1.54) is 24.6 Å². The lowest BCUT2D eigenvalue weighted by atomic mass is 10.4. The van der Waals surface area contributed by atoms with Crippen molar-refractivity contribution >= 4 is 23.8 Å². The number of hydrogen-bond acceptors (Lipinski definition) is 6. The Labute approximate surface area is 120 Å². The van der Waals surface area contributed by atoms with Crippen molar-refractivity contribution in [3.63, 3.8) is 0 Å². The van der Waals surface area contributed by atoms with Crippen molar-refractivity contribution < 1.29 is 14.3 Å². The number of rotatable bonds is 5. The van der Waals surface area contributed by atoms with Crippen molar-refractivity contribution in [2.24, 2.45) is 0 Å². The molecule has 1 aliphatic carbocycles. The Balaban J connectivity index is 1.63. The number of carbonyl (C=O) groups excluding carboxylic acids is 2. The van der Waals surface area contributed by atoms with Crippen LogP contribution in [0.15, 0.2) is 5.16 Å². The predicted octanol–water partition coefficient (Wildman–Crippen LogP) is 1.25. The fraction of sp³-hybridized carbons (Fsp3) is 0.667. The smallest absolute Gasteiger partial charge is 0.416 e. The maximum Gasteiger partial charge on any atom is 0.416 e. The van der Waals surface area contributed by atoms with Gasteiger partial charge in [0.05, 0.1) is 12.3 Å². The van der Waals surface area contributed by atoms with Crippen molar-refractivity contribution in [1.29, 1.82) is 0 Å². The van der Waals surface area contributed by atoms with Gasteiger partial charge in [-0.2, -0.15) is 0 Å². The van der Waals surface area contributed by atoms with Crippen LogP contribution in [-0.2, 0) is 16.1 Å². The fourth-order valence-corrected chi connectivity index (χ4v) is 3.06. The molecule has 2 amide bonds. The van der Waals surface area contributed by atoms with E-state index < -0.39 is 6.09 Å². The Bertz CT molecular complexity index is 541. The van der Waals surface area contributed by atoms with Crippen molar-refractivity contribution in [3.8, 4) is 0 Å². The highest BCUT2D eigenvalue weighted by Crippen LogP contribution is 2.39. The van der Waals surface area contributed by atoms with E-state index in [9.17, 15) is 9.59 Å². The Morgan fingerprint density at radius 1 is 1.45 bits per heavy atom. The largest absolute Gasteiger partial charge is 0.447 e. The number of cyclic esters (lactones) is 1. The minimum Gasteiger partial charge on any atom is -0.447 e. The van der Waals surface area contributed by atoms with E-state index in [4.69, 9.17) is 4.74 Å². The highest BCUT2D eigenvalue weighted by Gasteiger charge is 2.31. The zero-order chi connectivity index (χ0) is 14.1. The van der Waals surface area contributed by atoms with Crippen LogP contribution in [0.25, 0.3) is 0 Å². The van der Waals surface area contributed by atoms with Crippen LogP contribution in [0.2, 0.25) is 0 Å². The average molecular weight is 296 g/mol. The van der Waals surface area contributed by atoms with E-state index in [0.29, 0.717) is 12.5 Å². The number of thioether (sulfide) groups is 1. The molecule has 0 unspecified atom stereocenters. The van der Waals surface area contributed by atoms with Crippen LogP contribution in [0, 0.1) is 0 Å². The summed E-state index contributed by atoms with van der Waals surface area (Å²) in [6.07, 6.45) is 1.79. The number of ether oxygens (including phenoxy) is 1. The highest BCUT2D eigenvalue weighted by atomic mass is 32.2. The predicted molar refractivity (Wildman–Crippen MR) is 71.5 cm³/mol. The molecule has 2 fully saturated rings. The molecule has 7 nitrogen and oxygen atoms in total. The van der Waals surface area contributed by atoms with E-state index >= 15 is 0 Å². The topological polar surface area (TPSA) is 77.3 Å². The van der Waals surface area contributed by atoms with Gasteiger partial charge in [-0.25, -0.2) is 9.69 Å². The van der Waals surface area contributed by atoms with Crippen LogP contribution in [0.3, 0.4) is 0 Å². The molecule has 2 aliphatic rings. The summed E-state index contributed by atoms with van der Waals surface area (Å²) in [6.45, 7) is 3.46. The summed E-state index contributed by atoms with van der Waals surface area (Å²) in [6, 6.07) is 0. The Hall–Kier alpha value is -1.57. The molecular weight excluding hydrogens is 280 g/mol. The van der Waals surface area contributed by atoms with Gasteiger partial charge in [0, 0.05) is 12.5 Å². The number of aromatic nitrogens is 3. The number of carbonyl (C=O) groups is 2. The molecule has 0 aromatic carbocycles. The second-order valence-corrected chi connectivity index (χ2v) is 5.75. The fourth-order valence-electron chi connectivity index (χ4n) is 2.17. The first kappa shape index (κ1) is 13.4. The molecule has 20 heavy (non-hydrogen) atoms. The van der Waals surface area contributed by atoms with Crippen molar-refractivity contribution in [3.05, 3.63) is 5.82 Å². The molecule has 0 atom stereocenters. The molecule has 108 valence electrons. The third-order valence-electron chi connectivity index (χ3n) is 3.39. The summed E-state index contributed by atoms with van der Waals surface area (Å²) < 4.78 is 6.80. The third kappa shape index (κ3) is 2.52. The van der Waals surface area contributed by atoms with Crippen LogP contribution < -0.4 is 0 Å². The summed E-state index contributed by atoms with van der Waals surface area (Å²) >= 11 is 1.32. The molecule has 0 bridgehead atoms. The first-order valence-electron chi connectivity index (χ1n) is 6.73. The molecule has 0 N–H and O–H groups in total. The first-order chi connectivity index (χ1) is 9.70. The van der Waals surface area contributed by atoms with Gasteiger partial charge >= 0.3 is 6.09 Å². The van der Waals surface area contributed by atoms with Gasteiger partial charge < -0.3 is 9.30 Å². The Morgan fingerprint density at radius 3 is 2.85 bits per heavy atom. The second-order valence-electron chi connectivity index (χ2n) is 4.81. The summed E-state index contributed by atoms with van der Waals surface area (Å²) in [4.78, 5) is 24.4. The molecule has 0 spiro atoms. The van der Waals surface area contributed by atoms with E-state index in [1.807, 2.05) is 6.92 Å². The van der Waals surface area contributed by atoms with Gasteiger partial charge in [0.2, 0.25) is 5.91 Å². The lowest BCUT2D eigenvalue weighted by molar-refractivity contribution is -0.125. The van der Waals surface area contributed by atoms with E-state index in [0.717, 1.165) is 22.4 Å². The molecule has 1 aromatic rings. The lowest BCUT2D eigenvalue weighted by Crippen LogP contribution is -2.33. The monoisotopic (exact) mass is 296 g/mol. The molecule has 8 heteroatoms. The summed E-state index contributed by atoms with van der Waals surface area (Å²) in [5.41, 5.74) is 0. The lowest BCUT2D eigenvalue weighted by Gasteiger charge is -2.10. The number of hydrogen-bond donors (Lipinski definition) is 0. The van der Waals surface area contributed by atoms with Gasteiger partial charge in [0.15, 0.2) is 5.16 Å². The van der Waals surface area contributed by atoms with Gasteiger partial charge in [0.25, 0.3) is 0 Å². The third-order valence-corrected chi connectivity index (χ3v) is 4.34. The molecular formula is C12H16N4O3S. The van der Waals surface area contributed by atoms with Crippen molar-refractivity contribution in [1.82, 2.24) is 19.7 Å². The molecule has 3 rings (SSSR count). The van der Waals surface area contributed by atoms with Gasteiger partial charge in [-0.3, -0.25) is 4.79 Å². The molecule has 2 heterocycles. The van der Waals surface area contributed by atoms with Crippen molar-refractivity contribution in [2.75, 3.05) is 18.9 Å². The van der Waals surface area contributed by atoms with Crippen LogP contribution in [0.1, 0.15) is 31.5 Å². The zero-order valence-electron chi connectivity index (χ0n) is 11.2. The van der Waals surface area contributed by atoms with E-state index in [-0.39, 0.29) is 18.3 Å². The molecule has 0 radical (unpaired) electrons. The van der Waals surface area contributed by atoms with Crippen molar-refractivity contribution in [2.45, 2.75) is 37.4 Å². The maximum atomic E-state index is 11.9. The second kappa shape index (κ2) is 5.43. The zero-order valence-corrected chi connectivity index (χ0v) is 12.1. The molecule has 1 aliphatic heterocycles. The summed E-state index contributed by atoms with van der Waals surface area (Å²) in [5, 5.41) is 9.12. The van der Waals surface area contributed by atoms with Gasteiger partial charge in [-0.1, -0.05) is 11.8 Å². The Morgan fingerprint density at radius 2 is 2.25 bits per heavy atom. The van der Waals surface area contributed by atoms with Crippen LogP contribution in [0.5, 0.6) is 0 Å². The summed E-state index contributed by atoms with van der Waals surface area (Å²) in [7, 11) is 0. The quantitative estimate of drug-likeness (QED) is 0.761. The van der Waals surface area contributed by atoms with E-state index in [1.54, 1.807) is 0 Å². The van der Waals surface area contributed by atoms with Gasteiger partial charge in [-0.05, 0) is 19.8 Å². The molecule has 1 aromatic heterocycles. The maximum absolute atomic E-state index is 11.9. The minimum atomic E-state index is -0.550. The summed E-state index contributed by atoms with van der Waals surface area (Å²) in [5.74, 6) is 1.48. The number of nitrogens with zero attached hydrogens (tertiary/aromatic N) is 4. The van der Waals surface area contributed by atoms with Crippen LogP contribution in [-0.4, -0.2) is 50.6 Å². The van der Waals surface area contributed by atoms with Crippen LogP contribution in [0.4, 0.5) is 4.79 Å². The number of imide groups is 1. The minimum absolute atomic E-state index is 0.178. The molecule has 1 saturated heterocycles.